The molecule has 0 saturated carbocycles. The molecule has 0 N–H and O–H groups in total. The fourth-order valence-electron chi connectivity index (χ4n) is 4.00. The van der Waals surface area contributed by atoms with Gasteiger partial charge in [-0.2, -0.15) is 0 Å². The molecule has 0 aromatic heterocycles. The van der Waals surface area contributed by atoms with Gasteiger partial charge in [-0.1, -0.05) is 6.92 Å². The maximum absolute atomic E-state index is 12.9. The van der Waals surface area contributed by atoms with Crippen molar-refractivity contribution in [2.75, 3.05) is 19.7 Å². The van der Waals surface area contributed by atoms with Crippen LogP contribution >= 0.6 is 0 Å². The normalized spacial score (nSPS) is 37.0. The first-order chi connectivity index (χ1) is 10.1. The van der Waals surface area contributed by atoms with E-state index in [0.29, 0.717) is 18.9 Å². The highest BCUT2D eigenvalue weighted by Crippen LogP contribution is 2.30. The lowest BCUT2D eigenvalue weighted by Gasteiger charge is -2.47. The second-order valence-electron chi connectivity index (χ2n) is 6.58. The highest BCUT2D eigenvalue weighted by molar-refractivity contribution is 5.97. The lowest BCUT2D eigenvalue weighted by atomic mass is 9.92. The molecule has 3 saturated heterocycles. The van der Waals surface area contributed by atoms with Crippen LogP contribution in [0.3, 0.4) is 0 Å². The van der Waals surface area contributed by atoms with Gasteiger partial charge in [0.15, 0.2) is 0 Å². The zero-order valence-corrected chi connectivity index (χ0v) is 13.1. The van der Waals surface area contributed by atoms with Crippen molar-refractivity contribution in [3.63, 3.8) is 0 Å². The number of amides is 2. The topological polar surface area (TPSA) is 49.9 Å². The van der Waals surface area contributed by atoms with Crippen LogP contribution in [0.15, 0.2) is 0 Å². The Morgan fingerprint density at radius 1 is 1.19 bits per heavy atom. The van der Waals surface area contributed by atoms with Crippen LogP contribution in [0.25, 0.3) is 0 Å². The van der Waals surface area contributed by atoms with Gasteiger partial charge in [-0.3, -0.25) is 9.59 Å². The Morgan fingerprint density at radius 3 is 2.67 bits per heavy atom. The average molecular weight is 294 g/mol. The molecular weight excluding hydrogens is 268 g/mol. The van der Waals surface area contributed by atoms with Gasteiger partial charge >= 0.3 is 0 Å². The van der Waals surface area contributed by atoms with Crippen LogP contribution in [0.5, 0.6) is 0 Å². The van der Waals surface area contributed by atoms with Gasteiger partial charge < -0.3 is 14.5 Å². The van der Waals surface area contributed by atoms with Crippen molar-refractivity contribution >= 4 is 11.8 Å². The van der Waals surface area contributed by atoms with Crippen LogP contribution in [0.2, 0.25) is 0 Å². The van der Waals surface area contributed by atoms with E-state index in [-0.39, 0.29) is 30.0 Å². The number of piperazine rings is 1. The first-order valence-corrected chi connectivity index (χ1v) is 8.36. The molecule has 0 bridgehead atoms. The molecular formula is C16H26N2O3. The Morgan fingerprint density at radius 2 is 2.00 bits per heavy atom. The molecule has 118 valence electrons. The van der Waals surface area contributed by atoms with E-state index in [9.17, 15) is 9.59 Å². The molecule has 5 heteroatoms. The third kappa shape index (κ3) is 2.56. The molecule has 4 atom stereocenters. The summed E-state index contributed by atoms with van der Waals surface area (Å²) in [6.07, 6.45) is 4.79. The molecule has 3 rings (SSSR count). The van der Waals surface area contributed by atoms with Crippen LogP contribution in [0, 0.1) is 5.92 Å². The Hall–Kier alpha value is -1.10. The monoisotopic (exact) mass is 294 g/mol. The van der Waals surface area contributed by atoms with E-state index in [4.69, 9.17) is 4.74 Å². The Kier molecular flexibility index (Phi) is 4.20. The number of hydrogen-bond donors (Lipinski definition) is 0. The number of carbonyl (C=O) groups is 2. The molecule has 0 aliphatic carbocycles. The third-order valence-electron chi connectivity index (χ3n) is 5.37. The van der Waals surface area contributed by atoms with E-state index in [1.165, 1.54) is 0 Å². The van der Waals surface area contributed by atoms with Crippen molar-refractivity contribution in [2.24, 2.45) is 5.92 Å². The Labute approximate surface area is 126 Å². The van der Waals surface area contributed by atoms with Crippen molar-refractivity contribution in [1.29, 1.82) is 0 Å². The minimum atomic E-state index is -0.264. The van der Waals surface area contributed by atoms with Gasteiger partial charge in [0.05, 0.1) is 6.10 Å². The van der Waals surface area contributed by atoms with E-state index in [0.717, 1.165) is 38.8 Å². The second kappa shape index (κ2) is 5.95. The fourth-order valence-corrected chi connectivity index (χ4v) is 4.00. The highest BCUT2D eigenvalue weighted by Gasteiger charge is 2.46. The maximum atomic E-state index is 12.9. The van der Waals surface area contributed by atoms with Gasteiger partial charge in [0.1, 0.15) is 12.1 Å². The number of nitrogens with zero attached hydrogens (tertiary/aromatic N) is 2. The fraction of sp³-hybridized carbons (Fsp3) is 0.875. The Bertz CT molecular complexity index is 426. The molecule has 3 heterocycles. The summed E-state index contributed by atoms with van der Waals surface area (Å²) in [4.78, 5) is 29.3. The van der Waals surface area contributed by atoms with E-state index in [1.54, 1.807) is 0 Å². The lowest BCUT2D eigenvalue weighted by molar-refractivity contribution is -0.164. The van der Waals surface area contributed by atoms with Crippen molar-refractivity contribution in [2.45, 2.75) is 64.1 Å². The number of fused-ring (bicyclic) bond motifs is 1. The van der Waals surface area contributed by atoms with E-state index >= 15 is 0 Å². The second-order valence-corrected chi connectivity index (χ2v) is 6.58. The summed E-state index contributed by atoms with van der Waals surface area (Å²) < 4.78 is 5.61. The van der Waals surface area contributed by atoms with Gasteiger partial charge in [0, 0.05) is 25.6 Å². The summed E-state index contributed by atoms with van der Waals surface area (Å²) in [6, 6.07) is -0.466. The predicted molar refractivity (Wildman–Crippen MR) is 78.7 cm³/mol. The largest absolute Gasteiger partial charge is 0.378 e. The van der Waals surface area contributed by atoms with Crippen molar-refractivity contribution in [1.82, 2.24) is 9.80 Å². The molecule has 3 aliphatic rings. The number of rotatable bonds is 3. The van der Waals surface area contributed by atoms with Crippen molar-refractivity contribution in [3.8, 4) is 0 Å². The molecule has 0 aromatic rings. The van der Waals surface area contributed by atoms with E-state index < -0.39 is 0 Å². The SMILES string of the molecule is CCC1C(=O)N2CCCCC2C(=O)N1CC1CCOC1C. The van der Waals surface area contributed by atoms with Crippen LogP contribution < -0.4 is 0 Å². The number of ether oxygens (including phenoxy) is 1. The molecule has 21 heavy (non-hydrogen) atoms. The van der Waals surface area contributed by atoms with Gasteiger partial charge in [-0.05, 0) is 39.0 Å². The first-order valence-electron chi connectivity index (χ1n) is 8.36. The molecule has 0 aromatic carbocycles. The summed E-state index contributed by atoms with van der Waals surface area (Å²) in [5.74, 6) is 0.694. The number of piperidine rings is 1. The first kappa shape index (κ1) is 14.8. The molecule has 3 fully saturated rings. The quantitative estimate of drug-likeness (QED) is 0.791. The van der Waals surface area contributed by atoms with E-state index in [2.05, 4.69) is 6.92 Å². The van der Waals surface area contributed by atoms with Gasteiger partial charge in [-0.25, -0.2) is 0 Å². The minimum absolute atomic E-state index is 0.161. The standard InChI is InChI=1S/C16H26N2O3/c1-3-13-15(19)17-8-5-4-6-14(17)16(20)18(13)10-12-7-9-21-11(12)2/h11-14H,3-10H2,1-2H3. The predicted octanol–water partition coefficient (Wildman–Crippen LogP) is 1.41. The van der Waals surface area contributed by atoms with Crippen LogP contribution in [0.1, 0.15) is 46.0 Å². The van der Waals surface area contributed by atoms with Crippen LogP contribution in [0.4, 0.5) is 0 Å². The molecule has 0 radical (unpaired) electrons. The van der Waals surface area contributed by atoms with Gasteiger partial charge in [0.25, 0.3) is 0 Å². The minimum Gasteiger partial charge on any atom is -0.378 e. The van der Waals surface area contributed by atoms with E-state index in [1.807, 2.05) is 16.7 Å². The highest BCUT2D eigenvalue weighted by atomic mass is 16.5. The van der Waals surface area contributed by atoms with Gasteiger partial charge in [0.2, 0.25) is 11.8 Å². The van der Waals surface area contributed by atoms with Crippen LogP contribution in [-0.4, -0.2) is 59.5 Å². The zero-order valence-electron chi connectivity index (χ0n) is 13.1. The number of carbonyl (C=O) groups excluding carboxylic acids is 2. The molecule has 0 spiro atoms. The smallest absolute Gasteiger partial charge is 0.246 e. The summed E-state index contributed by atoms with van der Waals surface area (Å²) in [7, 11) is 0. The summed E-state index contributed by atoms with van der Waals surface area (Å²) in [6.45, 7) is 6.27. The molecule has 4 unspecified atom stereocenters. The summed E-state index contributed by atoms with van der Waals surface area (Å²) >= 11 is 0. The van der Waals surface area contributed by atoms with Crippen LogP contribution in [-0.2, 0) is 14.3 Å². The average Bonchev–Trinajstić information content (AvgIpc) is 2.90. The number of hydrogen-bond acceptors (Lipinski definition) is 3. The Balaban J connectivity index is 1.79. The zero-order chi connectivity index (χ0) is 15.0. The van der Waals surface area contributed by atoms with Gasteiger partial charge in [-0.15, -0.1) is 0 Å². The van der Waals surface area contributed by atoms with Crippen molar-refractivity contribution in [3.05, 3.63) is 0 Å². The molecule has 3 aliphatic heterocycles. The summed E-state index contributed by atoms with van der Waals surface area (Å²) in [5, 5.41) is 0. The lowest BCUT2D eigenvalue weighted by Crippen LogP contribution is -2.66. The maximum Gasteiger partial charge on any atom is 0.246 e. The third-order valence-corrected chi connectivity index (χ3v) is 5.37. The molecule has 2 amide bonds. The summed E-state index contributed by atoms with van der Waals surface area (Å²) in [5.41, 5.74) is 0. The van der Waals surface area contributed by atoms with Crippen molar-refractivity contribution < 1.29 is 14.3 Å². The molecule has 5 nitrogen and oxygen atoms in total.